The number of hydrogen-bond acceptors (Lipinski definition) is 6. The van der Waals surface area contributed by atoms with Gasteiger partial charge >= 0.3 is 0 Å². The highest BCUT2D eigenvalue weighted by atomic mass is 16.3. The maximum Gasteiger partial charge on any atom is 0.211 e. The summed E-state index contributed by atoms with van der Waals surface area (Å²) in [6.07, 6.45) is 0.590. The van der Waals surface area contributed by atoms with E-state index in [1.165, 1.54) is 17.2 Å². The maximum absolute atomic E-state index is 10.6. The number of aromatic hydroxyl groups is 1. The van der Waals surface area contributed by atoms with Gasteiger partial charge in [-0.2, -0.15) is 0 Å². The Morgan fingerprint density at radius 3 is 2.35 bits per heavy atom. The van der Waals surface area contributed by atoms with Crippen LogP contribution >= 0.6 is 0 Å². The van der Waals surface area contributed by atoms with Crippen molar-refractivity contribution in [2.24, 2.45) is 0 Å². The summed E-state index contributed by atoms with van der Waals surface area (Å²) in [4.78, 5) is 12.8. The molecule has 2 unspecified atom stereocenters. The Hall–Kier alpha value is -3.39. The first-order chi connectivity index (χ1) is 16.5. The molecular weight excluding hydrogens is 428 g/mol. The Bertz CT molecular complexity index is 1030. The lowest BCUT2D eigenvalue weighted by molar-refractivity contribution is -0.105. The van der Waals surface area contributed by atoms with E-state index in [-0.39, 0.29) is 17.5 Å². The molecule has 3 rings (SSSR count). The molecule has 0 saturated carbocycles. The molecule has 7 heteroatoms. The molecule has 0 aliphatic rings. The summed E-state index contributed by atoms with van der Waals surface area (Å²) in [5.74, 6) is -0.0359. The van der Waals surface area contributed by atoms with E-state index in [0.29, 0.717) is 18.5 Å². The van der Waals surface area contributed by atoms with Gasteiger partial charge in [0.2, 0.25) is 6.41 Å². The fourth-order valence-corrected chi connectivity index (χ4v) is 3.81. The minimum Gasteiger partial charge on any atom is -0.506 e. The number of rotatable bonds is 13. The maximum atomic E-state index is 10.6. The number of carbonyl (C=O) groups is 1. The Morgan fingerprint density at radius 2 is 1.68 bits per heavy atom. The summed E-state index contributed by atoms with van der Waals surface area (Å²) >= 11 is 0. The van der Waals surface area contributed by atoms with Crippen LogP contribution in [-0.4, -0.2) is 55.3 Å². The number of anilines is 2. The van der Waals surface area contributed by atoms with Gasteiger partial charge in [0.05, 0.1) is 17.8 Å². The van der Waals surface area contributed by atoms with Gasteiger partial charge < -0.3 is 31.1 Å². The summed E-state index contributed by atoms with van der Waals surface area (Å²) in [5, 5.41) is 29.3. The van der Waals surface area contributed by atoms with Crippen molar-refractivity contribution in [2.75, 3.05) is 44.4 Å². The molecule has 1 amide bonds. The van der Waals surface area contributed by atoms with E-state index in [1.807, 2.05) is 6.07 Å². The van der Waals surface area contributed by atoms with Gasteiger partial charge in [-0.1, -0.05) is 48.5 Å². The van der Waals surface area contributed by atoms with Crippen LogP contribution in [0.25, 0.3) is 0 Å². The average Bonchev–Trinajstić information content (AvgIpc) is 2.84. The van der Waals surface area contributed by atoms with Crippen molar-refractivity contribution in [2.45, 2.75) is 18.6 Å². The summed E-state index contributed by atoms with van der Waals surface area (Å²) in [7, 11) is 4.18. The van der Waals surface area contributed by atoms with Crippen molar-refractivity contribution in [3.63, 3.8) is 0 Å². The third-order valence-corrected chi connectivity index (χ3v) is 5.81. The number of likely N-dealkylation sites (N-methyl/N-ethyl adjacent to an activating group) is 1. The first-order valence-electron chi connectivity index (χ1n) is 11.4. The Balaban J connectivity index is 1.43. The Labute approximate surface area is 201 Å². The van der Waals surface area contributed by atoms with Crippen LogP contribution in [0.15, 0.2) is 72.8 Å². The van der Waals surface area contributed by atoms with E-state index in [2.05, 4.69) is 83.5 Å². The van der Waals surface area contributed by atoms with Crippen LogP contribution in [0.3, 0.4) is 0 Å². The largest absolute Gasteiger partial charge is 0.506 e. The number of aliphatic hydroxyl groups is 1. The number of nitrogens with one attached hydrogen (secondary N) is 3. The molecule has 0 heterocycles. The molecule has 7 nitrogen and oxygen atoms in total. The summed E-state index contributed by atoms with van der Waals surface area (Å²) < 4.78 is 0. The quantitative estimate of drug-likeness (QED) is 0.151. The number of amides is 1. The lowest BCUT2D eigenvalue weighted by Gasteiger charge is -2.25. The Morgan fingerprint density at radius 1 is 0.941 bits per heavy atom. The predicted molar refractivity (Wildman–Crippen MR) is 137 cm³/mol. The normalized spacial score (nSPS) is 12.8. The highest BCUT2D eigenvalue weighted by molar-refractivity contribution is 5.75. The van der Waals surface area contributed by atoms with Crippen molar-refractivity contribution in [1.82, 2.24) is 10.2 Å². The van der Waals surface area contributed by atoms with Crippen molar-refractivity contribution >= 4 is 17.8 Å². The lowest BCUT2D eigenvalue weighted by Crippen LogP contribution is -2.26. The third kappa shape index (κ3) is 7.31. The molecule has 0 spiro atoms. The molecule has 2 atom stereocenters. The summed E-state index contributed by atoms with van der Waals surface area (Å²) in [6, 6.07) is 23.9. The third-order valence-electron chi connectivity index (χ3n) is 5.81. The first-order valence-corrected chi connectivity index (χ1v) is 11.4. The number of phenolic OH excluding ortho intramolecular Hbond substituents is 1. The molecule has 180 valence electrons. The molecule has 5 N–H and O–H groups in total. The second kappa shape index (κ2) is 12.7. The van der Waals surface area contributed by atoms with Gasteiger partial charge in [0.15, 0.2) is 0 Å². The van der Waals surface area contributed by atoms with Crippen LogP contribution in [-0.2, 0) is 11.2 Å². The molecule has 34 heavy (non-hydrogen) atoms. The van der Waals surface area contributed by atoms with Gasteiger partial charge in [-0.25, -0.2) is 0 Å². The van der Waals surface area contributed by atoms with E-state index >= 15 is 0 Å². The summed E-state index contributed by atoms with van der Waals surface area (Å²) in [5.41, 5.74) is 4.48. The van der Waals surface area contributed by atoms with E-state index in [4.69, 9.17) is 0 Å². The minimum atomic E-state index is -0.742. The zero-order valence-electron chi connectivity index (χ0n) is 19.7. The van der Waals surface area contributed by atoms with Crippen molar-refractivity contribution < 1.29 is 15.0 Å². The molecule has 0 saturated heterocycles. The highest BCUT2D eigenvalue weighted by Crippen LogP contribution is 2.26. The fourth-order valence-electron chi connectivity index (χ4n) is 3.81. The molecule has 0 aromatic heterocycles. The topological polar surface area (TPSA) is 96.9 Å². The number of nitrogens with zero attached hydrogens (tertiary/aromatic N) is 1. The van der Waals surface area contributed by atoms with E-state index in [0.717, 1.165) is 25.2 Å². The van der Waals surface area contributed by atoms with Crippen molar-refractivity contribution in [3.05, 3.63) is 89.5 Å². The number of aliphatic hydroxyl groups excluding tert-OH is 1. The lowest BCUT2D eigenvalue weighted by atomic mass is 10.1. The van der Waals surface area contributed by atoms with E-state index in [1.54, 1.807) is 12.1 Å². The minimum absolute atomic E-state index is 0.0359. The summed E-state index contributed by atoms with van der Waals surface area (Å²) in [6.45, 7) is 1.91. The molecule has 0 aliphatic carbocycles. The smallest absolute Gasteiger partial charge is 0.211 e. The molecular formula is C27H34N4O3. The van der Waals surface area contributed by atoms with Crippen molar-refractivity contribution in [1.29, 1.82) is 0 Å². The number of phenols is 1. The van der Waals surface area contributed by atoms with Crippen LogP contribution in [0.2, 0.25) is 0 Å². The average molecular weight is 463 g/mol. The molecule has 0 bridgehead atoms. The number of benzene rings is 3. The van der Waals surface area contributed by atoms with Crippen LogP contribution in [0.5, 0.6) is 5.75 Å². The predicted octanol–water partition coefficient (Wildman–Crippen LogP) is 3.54. The van der Waals surface area contributed by atoms with E-state index < -0.39 is 6.10 Å². The van der Waals surface area contributed by atoms with Gasteiger partial charge in [-0.15, -0.1) is 0 Å². The molecule has 0 radical (unpaired) electrons. The van der Waals surface area contributed by atoms with Gasteiger partial charge in [0.25, 0.3) is 0 Å². The molecule has 3 aromatic rings. The second-order valence-electron chi connectivity index (χ2n) is 8.48. The number of carbonyl (C=O) groups excluding carboxylic acids is 1. The van der Waals surface area contributed by atoms with Crippen LogP contribution in [0.4, 0.5) is 11.4 Å². The SMILES string of the molecule is CN(C)C(CNc1ccc(CCNCC(O)c2ccc(O)c(NC=O)c2)cc1)c1ccccc1. The second-order valence-corrected chi connectivity index (χ2v) is 8.48. The Kier molecular flexibility index (Phi) is 9.46. The highest BCUT2D eigenvalue weighted by Gasteiger charge is 2.13. The molecule has 0 fully saturated rings. The van der Waals surface area contributed by atoms with Crippen molar-refractivity contribution in [3.8, 4) is 5.75 Å². The first kappa shape index (κ1) is 25.2. The zero-order valence-corrected chi connectivity index (χ0v) is 19.7. The van der Waals surface area contributed by atoms with Gasteiger partial charge in [-0.05, 0) is 68.0 Å². The van der Waals surface area contributed by atoms with Crippen LogP contribution in [0, 0.1) is 0 Å². The fraction of sp³-hybridized carbons (Fsp3) is 0.296. The van der Waals surface area contributed by atoms with Crippen LogP contribution < -0.4 is 16.0 Å². The van der Waals surface area contributed by atoms with Gasteiger partial charge in [0, 0.05) is 18.8 Å². The molecule has 0 aliphatic heterocycles. The van der Waals surface area contributed by atoms with Gasteiger partial charge in [0.1, 0.15) is 5.75 Å². The van der Waals surface area contributed by atoms with E-state index in [9.17, 15) is 15.0 Å². The standard InChI is InChI=1S/C27H34N4O3/c1-31(2)25(21-6-4-3-5-7-21)17-29-23-11-8-20(9-12-23)14-15-28-18-27(34)22-10-13-26(33)24(16-22)30-19-32/h3-13,16,19,25,27-29,33-34H,14-15,17-18H2,1-2H3,(H,30,32). The monoisotopic (exact) mass is 462 g/mol. The van der Waals surface area contributed by atoms with Gasteiger partial charge in [-0.3, -0.25) is 4.79 Å². The zero-order chi connectivity index (χ0) is 24.3. The van der Waals surface area contributed by atoms with Crippen LogP contribution in [0.1, 0.15) is 28.8 Å². The number of hydrogen-bond donors (Lipinski definition) is 5. The molecule has 3 aromatic carbocycles.